The number of rotatable bonds is 1. The van der Waals surface area contributed by atoms with E-state index in [0.717, 1.165) is 11.1 Å². The lowest BCUT2D eigenvalue weighted by Gasteiger charge is -2.28. The van der Waals surface area contributed by atoms with Gasteiger partial charge in [0.2, 0.25) is 0 Å². The van der Waals surface area contributed by atoms with E-state index in [1.54, 1.807) is 18.2 Å². The fraction of sp³-hybridized carbons (Fsp3) is 0.133. The van der Waals surface area contributed by atoms with Crippen molar-refractivity contribution >= 4 is 17.7 Å². The first-order valence-corrected chi connectivity index (χ1v) is 6.47. The fourth-order valence-corrected chi connectivity index (χ4v) is 2.45. The van der Waals surface area contributed by atoms with Gasteiger partial charge in [0.1, 0.15) is 11.5 Å². The van der Waals surface area contributed by atoms with E-state index >= 15 is 0 Å². The molecule has 2 aromatic rings. The summed E-state index contributed by atoms with van der Waals surface area (Å²) < 4.78 is 10.5. The van der Waals surface area contributed by atoms with E-state index in [2.05, 4.69) is 10.1 Å². The maximum Gasteiger partial charge on any atom is 0.407 e. The number of hydrogen-bond donors (Lipinski definition) is 1. The van der Waals surface area contributed by atoms with Crippen molar-refractivity contribution in [1.29, 1.82) is 0 Å². The van der Waals surface area contributed by atoms with Crippen LogP contribution in [0.15, 0.2) is 42.5 Å². The molecule has 20 heavy (non-hydrogen) atoms. The maximum atomic E-state index is 11.6. The van der Waals surface area contributed by atoms with Gasteiger partial charge in [-0.3, -0.25) is 0 Å². The molecule has 1 unspecified atom stereocenters. The first-order chi connectivity index (χ1) is 9.69. The van der Waals surface area contributed by atoms with Crippen LogP contribution in [0.4, 0.5) is 4.79 Å². The number of hydrogen-bond acceptors (Lipinski definition) is 3. The third-order valence-electron chi connectivity index (χ3n) is 3.18. The molecule has 3 rings (SSSR count). The summed E-state index contributed by atoms with van der Waals surface area (Å²) in [6, 6.07) is 12.5. The van der Waals surface area contributed by atoms with Crippen molar-refractivity contribution in [2.45, 2.75) is 6.04 Å². The zero-order chi connectivity index (χ0) is 14.1. The molecule has 5 heteroatoms. The van der Waals surface area contributed by atoms with Gasteiger partial charge in [-0.25, -0.2) is 4.79 Å². The van der Waals surface area contributed by atoms with Crippen molar-refractivity contribution in [3.05, 3.63) is 58.6 Å². The van der Waals surface area contributed by atoms with Crippen LogP contribution in [0, 0.1) is 0 Å². The Hall–Kier alpha value is -2.20. The normalized spacial score (nSPS) is 15.6. The quantitative estimate of drug-likeness (QED) is 0.866. The predicted molar refractivity (Wildman–Crippen MR) is 75.4 cm³/mol. The molecule has 0 bridgehead atoms. The topological polar surface area (TPSA) is 47.6 Å². The summed E-state index contributed by atoms with van der Waals surface area (Å²) in [5.41, 5.74) is 1.68. The molecule has 2 aromatic carbocycles. The third-order valence-corrected chi connectivity index (χ3v) is 3.42. The van der Waals surface area contributed by atoms with Crippen molar-refractivity contribution in [1.82, 2.24) is 5.32 Å². The lowest BCUT2D eigenvalue weighted by Crippen LogP contribution is -2.31. The average molecular weight is 290 g/mol. The van der Waals surface area contributed by atoms with Gasteiger partial charge in [-0.2, -0.15) is 0 Å². The molecular weight excluding hydrogens is 278 g/mol. The monoisotopic (exact) mass is 289 g/mol. The molecule has 1 N–H and O–H groups in total. The Bertz CT molecular complexity index is 672. The van der Waals surface area contributed by atoms with Crippen LogP contribution < -0.4 is 10.1 Å². The van der Waals surface area contributed by atoms with Gasteiger partial charge in [-0.15, -0.1) is 0 Å². The van der Waals surface area contributed by atoms with Crippen molar-refractivity contribution in [3.8, 4) is 11.5 Å². The lowest BCUT2D eigenvalue weighted by molar-refractivity contribution is 0.168. The largest absolute Gasteiger partial charge is 0.457 e. The van der Waals surface area contributed by atoms with Gasteiger partial charge in [0.05, 0.1) is 13.2 Å². The molecule has 0 saturated heterocycles. The van der Waals surface area contributed by atoms with Crippen LogP contribution >= 0.6 is 11.6 Å². The van der Waals surface area contributed by atoms with E-state index in [4.69, 9.17) is 16.3 Å². The van der Waals surface area contributed by atoms with Gasteiger partial charge < -0.3 is 14.8 Å². The van der Waals surface area contributed by atoms with Crippen LogP contribution in [0.25, 0.3) is 0 Å². The van der Waals surface area contributed by atoms with Crippen molar-refractivity contribution in [2.24, 2.45) is 0 Å². The Morgan fingerprint density at radius 3 is 2.75 bits per heavy atom. The molecular formula is C15H12ClNO3. The number of carbonyl (C=O) groups excluding carboxylic acids is 1. The molecule has 1 aliphatic rings. The zero-order valence-electron chi connectivity index (χ0n) is 10.7. The SMILES string of the molecule is COC(=O)NC1c2ccccc2Oc2ccc(Cl)cc21. The molecule has 0 saturated carbocycles. The smallest absolute Gasteiger partial charge is 0.407 e. The van der Waals surface area contributed by atoms with Gasteiger partial charge in [-0.1, -0.05) is 29.8 Å². The summed E-state index contributed by atoms with van der Waals surface area (Å²) in [5.74, 6) is 1.39. The minimum atomic E-state index is -0.502. The molecule has 102 valence electrons. The highest BCUT2D eigenvalue weighted by Crippen LogP contribution is 2.43. The number of nitrogens with one attached hydrogen (secondary N) is 1. The molecule has 0 aromatic heterocycles. The number of para-hydroxylation sites is 1. The standard InChI is InChI=1S/C15H12ClNO3/c1-19-15(18)17-14-10-4-2-3-5-12(10)20-13-7-6-9(16)8-11(13)14/h2-8,14H,1H3,(H,17,18). The van der Waals surface area contributed by atoms with Crippen LogP contribution in [0.2, 0.25) is 5.02 Å². The van der Waals surface area contributed by atoms with Crippen LogP contribution in [-0.4, -0.2) is 13.2 Å². The zero-order valence-corrected chi connectivity index (χ0v) is 11.5. The summed E-state index contributed by atoms with van der Waals surface area (Å²) in [4.78, 5) is 11.6. The molecule has 0 aliphatic carbocycles. The van der Waals surface area contributed by atoms with Gasteiger partial charge in [0, 0.05) is 16.1 Å². The van der Waals surface area contributed by atoms with E-state index in [1.807, 2.05) is 24.3 Å². The summed E-state index contributed by atoms with van der Waals surface area (Å²) in [6.07, 6.45) is -0.502. The molecule has 0 radical (unpaired) electrons. The second-order valence-electron chi connectivity index (χ2n) is 4.39. The molecule has 1 amide bonds. The van der Waals surface area contributed by atoms with Gasteiger partial charge in [0.25, 0.3) is 0 Å². The molecule has 1 atom stereocenters. The molecule has 0 spiro atoms. The highest BCUT2D eigenvalue weighted by molar-refractivity contribution is 6.30. The van der Waals surface area contributed by atoms with Crippen molar-refractivity contribution in [2.75, 3.05) is 7.11 Å². The number of carbonyl (C=O) groups is 1. The third kappa shape index (κ3) is 2.18. The van der Waals surface area contributed by atoms with E-state index in [0.29, 0.717) is 16.5 Å². The average Bonchev–Trinajstić information content (AvgIpc) is 2.47. The minimum Gasteiger partial charge on any atom is -0.457 e. The number of halogens is 1. The van der Waals surface area contributed by atoms with Crippen molar-refractivity contribution in [3.63, 3.8) is 0 Å². The van der Waals surface area contributed by atoms with Gasteiger partial charge in [0.15, 0.2) is 0 Å². The summed E-state index contributed by atoms with van der Waals surface area (Å²) in [5, 5.41) is 3.39. The van der Waals surface area contributed by atoms with E-state index < -0.39 is 6.09 Å². The molecule has 1 aliphatic heterocycles. The molecule has 4 nitrogen and oxygen atoms in total. The molecule has 1 heterocycles. The predicted octanol–water partition coefficient (Wildman–Crippen LogP) is 3.89. The Morgan fingerprint density at radius 2 is 1.95 bits per heavy atom. The first-order valence-electron chi connectivity index (χ1n) is 6.10. The van der Waals surface area contributed by atoms with Gasteiger partial charge >= 0.3 is 6.09 Å². The number of methoxy groups -OCH3 is 1. The summed E-state index contributed by atoms with van der Waals surface area (Å²) in [6.45, 7) is 0. The lowest BCUT2D eigenvalue weighted by atomic mass is 9.95. The second kappa shape index (κ2) is 5.06. The van der Waals surface area contributed by atoms with Crippen LogP contribution in [-0.2, 0) is 4.74 Å². The fourth-order valence-electron chi connectivity index (χ4n) is 2.27. The highest BCUT2D eigenvalue weighted by atomic mass is 35.5. The Labute approximate surface area is 121 Å². The number of fused-ring (bicyclic) bond motifs is 2. The number of ether oxygens (including phenoxy) is 2. The minimum absolute atomic E-state index is 0.346. The highest BCUT2D eigenvalue weighted by Gasteiger charge is 2.28. The summed E-state index contributed by atoms with van der Waals surface area (Å²) in [7, 11) is 1.33. The summed E-state index contributed by atoms with van der Waals surface area (Å²) >= 11 is 6.04. The number of amides is 1. The number of benzene rings is 2. The number of alkyl carbamates (subject to hydrolysis) is 1. The van der Waals surface area contributed by atoms with E-state index in [-0.39, 0.29) is 6.04 Å². The Balaban J connectivity index is 2.11. The van der Waals surface area contributed by atoms with Crippen LogP contribution in [0.3, 0.4) is 0 Å². The first kappa shape index (κ1) is 12.8. The Kier molecular flexibility index (Phi) is 3.24. The van der Waals surface area contributed by atoms with E-state index in [1.165, 1.54) is 7.11 Å². The second-order valence-corrected chi connectivity index (χ2v) is 4.83. The van der Waals surface area contributed by atoms with Gasteiger partial charge in [-0.05, 0) is 24.3 Å². The van der Waals surface area contributed by atoms with Crippen LogP contribution in [0.1, 0.15) is 17.2 Å². The maximum absolute atomic E-state index is 11.6. The molecule has 0 fully saturated rings. The van der Waals surface area contributed by atoms with E-state index in [9.17, 15) is 4.79 Å². The van der Waals surface area contributed by atoms with Crippen LogP contribution in [0.5, 0.6) is 11.5 Å². The van der Waals surface area contributed by atoms with Crippen molar-refractivity contribution < 1.29 is 14.3 Å². The Morgan fingerprint density at radius 1 is 1.20 bits per heavy atom.